The number of aliphatic carboxylic acids is 3. The average molecular weight is 909 g/mol. The maximum atomic E-state index is 10.2. The Balaban J connectivity index is -0.000000263. The Bertz CT molecular complexity index is 1370. The molecule has 0 bridgehead atoms. The number of hydrogen-bond acceptors (Lipinski definition) is 10. The fourth-order valence-corrected chi connectivity index (χ4v) is 4.12. The molecule has 354 valence electrons. The number of carbonyl (C=O) groups excluding carboxylic acids is 3. The van der Waals surface area contributed by atoms with Crippen LogP contribution >= 0.6 is 0 Å². The second-order valence-electron chi connectivity index (χ2n) is 14.0. The molecule has 0 radical (unpaired) electrons. The standard InChI is InChI=1S/C20H30O4.C20H32O2.C7H14NO2.C3H6NO2.Ca/c1-2-18(21)14-11-9-7-5-3-4-6-8-10-12-15-19(22)16-13-17-20(23)24;1-3-5-16-20(22)18-15-13-11-9-7-6-8-10-12-14-17-19(21)4-2;1-6(7(9)10)4-2-3-5-8;1-2(4)3(5)6;/h3-4,7-12,14-15,18-19,21-22H,2,5-6,13,16-17H2,1H3,(H,23,24);6-7,10-15,17-22H,3-5,8-9,16H2,1-2H3;6H,1-5,8H2,(H,9,10);2,4H,1H3,(H,5,6);/q;;2*-1;+2/p-2/b4-3-,9-7-,10-8-,14-11+,15-12+;7-6-,12-10-,13-11-,17-14+,18-15+;;;/t18-,19-;19-,20+;6-;2-;/m1100./s1. The zero-order valence-electron chi connectivity index (χ0n) is 38.7. The molecule has 0 aliphatic heterocycles. The number of aliphatic hydroxyl groups is 4. The summed E-state index contributed by atoms with van der Waals surface area (Å²) in [7, 11) is 0. The van der Waals surface area contributed by atoms with Crippen LogP contribution in [-0.2, 0) is 14.4 Å². The van der Waals surface area contributed by atoms with Crippen molar-refractivity contribution in [1.29, 1.82) is 0 Å². The molecule has 0 aliphatic carbocycles. The van der Waals surface area contributed by atoms with Gasteiger partial charge in [-0.15, -0.1) is 12.0 Å². The molecule has 0 fully saturated rings. The number of carboxylic acid groups (broad SMARTS) is 3. The van der Waals surface area contributed by atoms with E-state index in [9.17, 15) is 50.1 Å². The number of aliphatic hydroxyl groups excluding tert-OH is 4. The first-order valence-corrected chi connectivity index (χ1v) is 21.9. The van der Waals surface area contributed by atoms with E-state index >= 15 is 0 Å². The van der Waals surface area contributed by atoms with Crippen LogP contribution in [-0.4, -0.2) is 113 Å². The van der Waals surface area contributed by atoms with Crippen LogP contribution in [0.1, 0.15) is 124 Å². The van der Waals surface area contributed by atoms with Crippen molar-refractivity contribution in [2.24, 2.45) is 5.92 Å². The number of quaternary nitrogens is 1. The molecule has 6 atom stereocenters. The predicted molar refractivity (Wildman–Crippen MR) is 253 cm³/mol. The van der Waals surface area contributed by atoms with Crippen LogP contribution in [0.15, 0.2) is 122 Å². The van der Waals surface area contributed by atoms with E-state index in [1.54, 1.807) is 24.3 Å². The van der Waals surface area contributed by atoms with Crippen LogP contribution < -0.4 is 21.1 Å². The molecule has 0 aromatic carbocycles. The number of carboxylic acids is 3. The van der Waals surface area contributed by atoms with Crippen molar-refractivity contribution in [2.75, 3.05) is 6.54 Å². The number of hydrogen-bond donors (Lipinski definition) is 5. The monoisotopic (exact) mass is 909 g/mol. The third-order valence-electron chi connectivity index (χ3n) is 8.05. The minimum atomic E-state index is -1.32. The molecule has 0 amide bonds. The summed E-state index contributed by atoms with van der Waals surface area (Å²) >= 11 is 0. The molecular formula is C50H80CaN2O10-2. The quantitative estimate of drug-likeness (QED) is 0.0208. The molecule has 12 nitrogen and oxygen atoms in total. The van der Waals surface area contributed by atoms with E-state index in [-0.39, 0.29) is 62.5 Å². The Morgan fingerprint density at radius 1 is 0.556 bits per heavy atom. The summed E-state index contributed by atoms with van der Waals surface area (Å²) in [6, 6.07) is -1.09. The molecular weight excluding hydrogens is 829 g/mol. The van der Waals surface area contributed by atoms with Crippen LogP contribution in [0.2, 0.25) is 0 Å². The van der Waals surface area contributed by atoms with E-state index in [4.69, 9.17) is 5.73 Å². The van der Waals surface area contributed by atoms with Gasteiger partial charge in [-0.2, -0.15) is 0 Å². The Morgan fingerprint density at radius 2 is 0.905 bits per heavy atom. The largest absolute Gasteiger partial charge is 2.00 e. The van der Waals surface area contributed by atoms with E-state index in [1.165, 1.54) is 6.92 Å². The second kappa shape index (κ2) is 55.0. The summed E-state index contributed by atoms with van der Waals surface area (Å²) in [4.78, 5) is 29.7. The van der Waals surface area contributed by atoms with Crippen molar-refractivity contribution in [3.63, 3.8) is 0 Å². The van der Waals surface area contributed by atoms with Gasteiger partial charge in [0.05, 0.1) is 31.0 Å². The van der Waals surface area contributed by atoms with Gasteiger partial charge in [0.15, 0.2) is 0 Å². The van der Waals surface area contributed by atoms with Gasteiger partial charge < -0.3 is 68.5 Å². The third kappa shape index (κ3) is 65.6. The number of nitrogens with one attached hydrogen (secondary N) is 1. The predicted octanol–water partition coefficient (Wildman–Crippen LogP) is 4.86. The van der Waals surface area contributed by atoms with E-state index in [0.29, 0.717) is 19.3 Å². The molecule has 0 saturated carbocycles. The Kier molecular flexibility index (Phi) is 60.1. The van der Waals surface area contributed by atoms with Crippen molar-refractivity contribution in [3.8, 4) is 0 Å². The molecule has 63 heavy (non-hydrogen) atoms. The Hall–Kier alpha value is -3.17. The minimum absolute atomic E-state index is 0. The van der Waals surface area contributed by atoms with Crippen LogP contribution in [0.3, 0.4) is 0 Å². The van der Waals surface area contributed by atoms with Gasteiger partial charge in [-0.3, -0.25) is 0 Å². The molecule has 0 aromatic rings. The van der Waals surface area contributed by atoms with Crippen molar-refractivity contribution in [3.05, 3.63) is 134 Å². The van der Waals surface area contributed by atoms with E-state index in [2.05, 4.69) is 56.0 Å². The molecule has 13 heteroatoms. The molecule has 0 aromatic heterocycles. The van der Waals surface area contributed by atoms with Gasteiger partial charge in [-0.05, 0) is 77.0 Å². The van der Waals surface area contributed by atoms with Crippen molar-refractivity contribution in [2.45, 2.75) is 154 Å². The molecule has 0 saturated heterocycles. The summed E-state index contributed by atoms with van der Waals surface area (Å²) in [5.41, 5.74) is 10.0. The first-order chi connectivity index (χ1) is 29.6. The van der Waals surface area contributed by atoms with Gasteiger partial charge in [0.25, 0.3) is 0 Å². The van der Waals surface area contributed by atoms with Crippen LogP contribution in [0, 0.1) is 12.8 Å². The zero-order chi connectivity index (χ0) is 47.7. The number of carbonyl (C=O) groups is 3. The number of unbranched alkanes of at least 4 members (excludes halogenated alkanes) is 2. The Morgan fingerprint density at radius 3 is 1.19 bits per heavy atom. The molecule has 0 spiro atoms. The maximum Gasteiger partial charge on any atom is 2.00 e. The SMILES string of the molecule is CCCC[C@H](O)/C=C/C=C\C/C=C\C/C=C\C=C\[C@H](O)CC.CC[C@@H](O)/C=C/C=C\C/C=C\C/C=C\C=C\[C@@H](O)CCCC(=O)[O-].C[C@H]([NH-])C(=O)[O-].[CH2-][C@@H](CCCC[NH3+])C(=O)[O-].[Ca+2]. The normalized spacial score (nSPS) is 14.8. The van der Waals surface area contributed by atoms with Gasteiger partial charge in [0.1, 0.15) is 0 Å². The van der Waals surface area contributed by atoms with E-state index in [1.807, 2.05) is 74.6 Å². The van der Waals surface area contributed by atoms with Gasteiger partial charge in [-0.25, -0.2) is 0 Å². The summed E-state index contributed by atoms with van der Waals surface area (Å²) in [5.74, 6) is -4.01. The van der Waals surface area contributed by atoms with E-state index in [0.717, 1.165) is 77.2 Å². The molecule has 0 heterocycles. The van der Waals surface area contributed by atoms with Gasteiger partial charge in [0, 0.05) is 17.9 Å². The average Bonchev–Trinajstić information content (AvgIpc) is 3.23. The van der Waals surface area contributed by atoms with Gasteiger partial charge in [0.2, 0.25) is 0 Å². The second-order valence-corrected chi connectivity index (χ2v) is 14.0. The fraction of sp³-hybridized carbons (Fsp3) is 0.520. The molecule has 0 rings (SSSR count). The first-order valence-electron chi connectivity index (χ1n) is 21.9. The summed E-state index contributed by atoms with van der Waals surface area (Å²) in [5, 5.41) is 67.6. The van der Waals surface area contributed by atoms with Crippen molar-refractivity contribution in [1.82, 2.24) is 0 Å². The minimum Gasteiger partial charge on any atom is -0.670 e. The zero-order valence-corrected chi connectivity index (χ0v) is 40.9. The van der Waals surface area contributed by atoms with Crippen molar-refractivity contribution < 1.29 is 55.9 Å². The van der Waals surface area contributed by atoms with Gasteiger partial charge in [-0.1, -0.05) is 168 Å². The number of allylic oxidation sites excluding steroid dienone is 16. The third-order valence-corrected chi connectivity index (χ3v) is 8.05. The maximum absolute atomic E-state index is 10.2. The first kappa shape index (κ1) is 68.9. The van der Waals surface area contributed by atoms with Crippen LogP contribution in [0.25, 0.3) is 5.73 Å². The topological polar surface area (TPSA) is 253 Å². The summed E-state index contributed by atoms with van der Waals surface area (Å²) < 4.78 is 0. The molecule has 0 unspecified atom stereocenters. The van der Waals surface area contributed by atoms with Crippen LogP contribution in [0.4, 0.5) is 0 Å². The molecule has 8 N–H and O–H groups in total. The Labute approximate surface area is 410 Å². The van der Waals surface area contributed by atoms with Crippen molar-refractivity contribution >= 4 is 55.6 Å². The van der Waals surface area contributed by atoms with E-state index < -0.39 is 36.0 Å². The van der Waals surface area contributed by atoms with Crippen LogP contribution in [0.5, 0.6) is 0 Å². The fourth-order valence-electron chi connectivity index (χ4n) is 4.12. The number of rotatable bonds is 31. The summed E-state index contributed by atoms with van der Waals surface area (Å²) in [6.07, 6.45) is 48.2. The van der Waals surface area contributed by atoms with Gasteiger partial charge >= 0.3 is 37.7 Å². The summed E-state index contributed by atoms with van der Waals surface area (Å²) in [6.45, 7) is 11.5. The smallest absolute Gasteiger partial charge is 0.670 e. The molecule has 0 aliphatic rings.